The van der Waals surface area contributed by atoms with E-state index in [9.17, 15) is 9.18 Å². The predicted molar refractivity (Wildman–Crippen MR) is 132 cm³/mol. The summed E-state index contributed by atoms with van der Waals surface area (Å²) in [6.07, 6.45) is 2.79. The molecule has 0 aliphatic heterocycles. The summed E-state index contributed by atoms with van der Waals surface area (Å²) in [6, 6.07) is 26.5. The van der Waals surface area contributed by atoms with E-state index in [1.54, 1.807) is 18.2 Å². The Morgan fingerprint density at radius 1 is 0.939 bits per heavy atom. The first-order chi connectivity index (χ1) is 16.0. The Balaban J connectivity index is 1.78. The van der Waals surface area contributed by atoms with Crippen LogP contribution in [0.25, 0.3) is 0 Å². The van der Waals surface area contributed by atoms with Crippen LogP contribution in [0.5, 0.6) is 0 Å². The van der Waals surface area contributed by atoms with Gasteiger partial charge in [-0.25, -0.2) is 4.39 Å². The molecule has 0 aromatic heterocycles. The number of carbonyl (C=O) groups is 1. The van der Waals surface area contributed by atoms with E-state index >= 15 is 0 Å². The molecule has 0 fully saturated rings. The molecule has 3 rings (SSSR count). The molecule has 4 nitrogen and oxygen atoms in total. The van der Waals surface area contributed by atoms with Crippen molar-refractivity contribution < 1.29 is 9.18 Å². The number of carbonyl (C=O) groups excluding carboxylic acids is 1. The summed E-state index contributed by atoms with van der Waals surface area (Å²) >= 11 is 0. The van der Waals surface area contributed by atoms with E-state index in [1.165, 1.54) is 11.6 Å². The van der Waals surface area contributed by atoms with Crippen LogP contribution in [-0.2, 0) is 23.2 Å². The van der Waals surface area contributed by atoms with Gasteiger partial charge in [0.25, 0.3) is 0 Å². The molecule has 0 spiro atoms. The van der Waals surface area contributed by atoms with Gasteiger partial charge in [0.1, 0.15) is 5.82 Å². The summed E-state index contributed by atoms with van der Waals surface area (Å²) in [7, 11) is 1.92. The van der Waals surface area contributed by atoms with Crippen LogP contribution >= 0.6 is 0 Å². The van der Waals surface area contributed by atoms with Gasteiger partial charge >= 0.3 is 0 Å². The summed E-state index contributed by atoms with van der Waals surface area (Å²) < 4.78 is 14.0. The Bertz CT molecular complexity index is 996. The first-order valence-corrected chi connectivity index (χ1v) is 11.6. The number of halogens is 1. The third-order valence-electron chi connectivity index (χ3n) is 6.08. The van der Waals surface area contributed by atoms with E-state index in [2.05, 4.69) is 34.9 Å². The second kappa shape index (κ2) is 12.3. The van der Waals surface area contributed by atoms with E-state index in [-0.39, 0.29) is 18.1 Å². The van der Waals surface area contributed by atoms with Gasteiger partial charge in [0.2, 0.25) is 5.91 Å². The van der Waals surface area contributed by atoms with Gasteiger partial charge in [-0.15, -0.1) is 0 Å². The lowest BCUT2D eigenvalue weighted by Gasteiger charge is -2.36. The lowest BCUT2D eigenvalue weighted by molar-refractivity contribution is -0.123. The first-order valence-electron chi connectivity index (χ1n) is 11.6. The Morgan fingerprint density at radius 2 is 1.58 bits per heavy atom. The van der Waals surface area contributed by atoms with Crippen LogP contribution in [0.2, 0.25) is 0 Å². The summed E-state index contributed by atoms with van der Waals surface area (Å²) in [5.74, 6) is -0.407. The molecule has 2 unspecified atom stereocenters. The Kier molecular flexibility index (Phi) is 9.16. The standard InChI is InChI=1S/C28H34FN3O/c1-31-19-18-28(24-13-6-3-7-14-24,17-16-22-10-4-2-5-11-22)32-27(33)21-25(30)20-23-12-8-9-15-26(23)29/h2-15,25,31H,16-21,30H2,1H3,(H,32,33). The normalized spacial score (nSPS) is 13.8. The minimum Gasteiger partial charge on any atom is -0.346 e. The van der Waals surface area contributed by atoms with Gasteiger partial charge in [-0.3, -0.25) is 4.79 Å². The number of amides is 1. The molecule has 0 aliphatic carbocycles. The van der Waals surface area contributed by atoms with Crippen molar-refractivity contribution in [2.24, 2.45) is 5.73 Å². The van der Waals surface area contributed by atoms with E-state index in [4.69, 9.17) is 5.73 Å². The van der Waals surface area contributed by atoms with Crippen LogP contribution in [0.1, 0.15) is 36.0 Å². The number of nitrogens with two attached hydrogens (primary N) is 1. The maximum atomic E-state index is 14.0. The number of aryl methyl sites for hydroxylation is 1. The molecular formula is C28H34FN3O. The number of hydrogen-bond acceptors (Lipinski definition) is 3. The highest BCUT2D eigenvalue weighted by atomic mass is 19.1. The molecule has 0 heterocycles. The predicted octanol–water partition coefficient (Wildman–Crippen LogP) is 4.34. The van der Waals surface area contributed by atoms with Crippen molar-refractivity contribution in [3.8, 4) is 0 Å². The van der Waals surface area contributed by atoms with Gasteiger partial charge in [-0.05, 0) is 62.0 Å². The monoisotopic (exact) mass is 447 g/mol. The van der Waals surface area contributed by atoms with Crippen LogP contribution in [0, 0.1) is 5.82 Å². The fourth-order valence-corrected chi connectivity index (χ4v) is 4.28. The zero-order valence-corrected chi connectivity index (χ0v) is 19.3. The van der Waals surface area contributed by atoms with E-state index in [0.717, 1.165) is 31.4 Å². The van der Waals surface area contributed by atoms with Crippen molar-refractivity contribution in [2.75, 3.05) is 13.6 Å². The maximum Gasteiger partial charge on any atom is 0.222 e. The number of benzene rings is 3. The molecule has 4 N–H and O–H groups in total. The average Bonchev–Trinajstić information content (AvgIpc) is 2.83. The quantitative estimate of drug-likeness (QED) is 0.387. The summed E-state index contributed by atoms with van der Waals surface area (Å²) in [4.78, 5) is 13.2. The third kappa shape index (κ3) is 7.24. The Labute approximate surface area is 196 Å². The second-order valence-corrected chi connectivity index (χ2v) is 8.60. The highest BCUT2D eigenvalue weighted by Gasteiger charge is 2.33. The molecule has 1 amide bonds. The fraction of sp³-hybridized carbons (Fsp3) is 0.321. The topological polar surface area (TPSA) is 67.1 Å². The van der Waals surface area contributed by atoms with Crippen LogP contribution in [0.15, 0.2) is 84.9 Å². The molecule has 174 valence electrons. The van der Waals surface area contributed by atoms with Gasteiger partial charge in [-0.2, -0.15) is 0 Å². The summed E-state index contributed by atoms with van der Waals surface area (Å²) in [6.45, 7) is 0.755. The van der Waals surface area contributed by atoms with Crippen molar-refractivity contribution in [2.45, 2.75) is 43.7 Å². The van der Waals surface area contributed by atoms with Gasteiger partial charge in [0.15, 0.2) is 0 Å². The van der Waals surface area contributed by atoms with Gasteiger partial charge in [-0.1, -0.05) is 78.9 Å². The number of rotatable bonds is 12. The SMILES string of the molecule is CNCCC(CCc1ccccc1)(NC(=O)CC(N)Cc1ccccc1F)c1ccccc1. The lowest BCUT2D eigenvalue weighted by Crippen LogP contribution is -2.49. The number of hydrogen-bond donors (Lipinski definition) is 3. The van der Waals surface area contributed by atoms with E-state index in [0.29, 0.717) is 12.0 Å². The highest BCUT2D eigenvalue weighted by Crippen LogP contribution is 2.31. The van der Waals surface area contributed by atoms with Gasteiger partial charge < -0.3 is 16.4 Å². The molecule has 0 saturated carbocycles. The smallest absolute Gasteiger partial charge is 0.222 e. The minimum atomic E-state index is -0.533. The van der Waals surface area contributed by atoms with E-state index in [1.807, 2.05) is 43.4 Å². The molecule has 0 radical (unpaired) electrons. The van der Waals surface area contributed by atoms with Crippen LogP contribution in [-0.4, -0.2) is 25.5 Å². The molecule has 0 bridgehead atoms. The van der Waals surface area contributed by atoms with Crippen molar-refractivity contribution in [1.82, 2.24) is 10.6 Å². The Morgan fingerprint density at radius 3 is 2.24 bits per heavy atom. The molecule has 5 heteroatoms. The summed E-state index contributed by atoms with van der Waals surface area (Å²) in [5, 5.41) is 6.56. The molecule has 0 saturated heterocycles. The molecule has 0 aliphatic rings. The highest BCUT2D eigenvalue weighted by molar-refractivity contribution is 5.77. The number of nitrogens with one attached hydrogen (secondary N) is 2. The van der Waals surface area contributed by atoms with Crippen molar-refractivity contribution in [3.05, 3.63) is 107 Å². The largest absolute Gasteiger partial charge is 0.346 e. The van der Waals surface area contributed by atoms with E-state index < -0.39 is 11.6 Å². The zero-order chi connectivity index (χ0) is 23.5. The third-order valence-corrected chi connectivity index (χ3v) is 6.08. The Hall–Kier alpha value is -3.02. The van der Waals surface area contributed by atoms with Crippen molar-refractivity contribution in [1.29, 1.82) is 0 Å². The fourth-order valence-electron chi connectivity index (χ4n) is 4.28. The van der Waals surface area contributed by atoms with Crippen molar-refractivity contribution in [3.63, 3.8) is 0 Å². The minimum absolute atomic E-state index is 0.119. The molecule has 2 atom stereocenters. The molecule has 3 aromatic rings. The second-order valence-electron chi connectivity index (χ2n) is 8.60. The molecule has 3 aromatic carbocycles. The maximum absolute atomic E-state index is 14.0. The molecule has 33 heavy (non-hydrogen) atoms. The van der Waals surface area contributed by atoms with Crippen LogP contribution in [0.4, 0.5) is 4.39 Å². The summed E-state index contributed by atoms with van der Waals surface area (Å²) in [5.41, 5.74) is 8.56. The van der Waals surface area contributed by atoms with Gasteiger partial charge in [0.05, 0.1) is 5.54 Å². The average molecular weight is 448 g/mol. The first kappa shape index (κ1) is 24.6. The van der Waals surface area contributed by atoms with Crippen molar-refractivity contribution >= 4 is 5.91 Å². The molecular weight excluding hydrogens is 413 g/mol. The van der Waals surface area contributed by atoms with Crippen LogP contribution in [0.3, 0.4) is 0 Å². The zero-order valence-electron chi connectivity index (χ0n) is 19.3. The lowest BCUT2D eigenvalue weighted by atomic mass is 9.81. The van der Waals surface area contributed by atoms with Crippen LogP contribution < -0.4 is 16.4 Å². The van der Waals surface area contributed by atoms with Gasteiger partial charge in [0, 0.05) is 12.5 Å².